The van der Waals surface area contributed by atoms with Crippen LogP contribution in [0.2, 0.25) is 0 Å². The van der Waals surface area contributed by atoms with E-state index in [1.54, 1.807) is 26.4 Å². The quantitative estimate of drug-likeness (QED) is 0.654. The number of rotatable bonds is 9. The molecule has 1 aliphatic rings. The van der Waals surface area contributed by atoms with Gasteiger partial charge in [0.05, 0.1) is 14.2 Å². The number of carbonyl (C=O) groups excluding carboxylic acids is 1. The number of carbonyl (C=O) groups is 1. The van der Waals surface area contributed by atoms with Crippen molar-refractivity contribution in [3.8, 4) is 11.5 Å². The van der Waals surface area contributed by atoms with Gasteiger partial charge in [-0.3, -0.25) is 9.69 Å². The number of benzene rings is 2. The van der Waals surface area contributed by atoms with Crippen molar-refractivity contribution in [1.82, 2.24) is 10.2 Å². The van der Waals surface area contributed by atoms with Crippen LogP contribution in [-0.4, -0.2) is 38.1 Å². The number of nitrogens with one attached hydrogen (secondary N) is 1. The topological polar surface area (TPSA) is 50.8 Å². The van der Waals surface area contributed by atoms with Gasteiger partial charge in [0.1, 0.15) is 0 Å². The van der Waals surface area contributed by atoms with E-state index < -0.39 is 0 Å². The number of nitrogens with zero attached hydrogens (tertiary/aromatic N) is 1. The first kappa shape index (κ1) is 20.9. The number of methoxy groups -OCH3 is 2. The maximum Gasteiger partial charge on any atom is 0.251 e. The molecule has 3 rings (SSSR count). The Bertz CT molecular complexity index is 857. The third-order valence-electron chi connectivity index (χ3n) is 5.33. The summed E-state index contributed by atoms with van der Waals surface area (Å²) in [6, 6.07) is 11.9. The highest BCUT2D eigenvalue weighted by Crippen LogP contribution is 2.33. The van der Waals surface area contributed by atoms with Crippen LogP contribution >= 0.6 is 0 Å². The van der Waals surface area contributed by atoms with Crippen LogP contribution in [0.3, 0.4) is 0 Å². The largest absolute Gasteiger partial charge is 0.493 e. The molecule has 1 aliphatic heterocycles. The van der Waals surface area contributed by atoms with Gasteiger partial charge in [0, 0.05) is 24.2 Å². The van der Waals surface area contributed by atoms with Gasteiger partial charge < -0.3 is 14.8 Å². The highest BCUT2D eigenvalue weighted by Gasteiger charge is 2.17. The van der Waals surface area contributed by atoms with Crippen LogP contribution in [0.25, 0.3) is 0 Å². The lowest BCUT2D eigenvalue weighted by atomic mass is 10.0. The summed E-state index contributed by atoms with van der Waals surface area (Å²) >= 11 is 0. The van der Waals surface area contributed by atoms with Crippen molar-refractivity contribution in [2.75, 3.05) is 27.3 Å². The Kier molecular flexibility index (Phi) is 7.30. The first-order valence-electron chi connectivity index (χ1n) is 10.1. The third kappa shape index (κ3) is 5.18. The van der Waals surface area contributed by atoms with Gasteiger partial charge in [0.25, 0.3) is 5.91 Å². The van der Waals surface area contributed by atoms with Gasteiger partial charge in [-0.2, -0.15) is 0 Å². The van der Waals surface area contributed by atoms with Gasteiger partial charge in [-0.25, -0.2) is 0 Å². The molecular weight excluding hydrogens is 364 g/mol. The van der Waals surface area contributed by atoms with Crippen LogP contribution in [0.1, 0.15) is 39.9 Å². The molecule has 2 aromatic rings. The zero-order chi connectivity index (χ0) is 20.6. The lowest BCUT2D eigenvalue weighted by Gasteiger charge is -2.18. The predicted octanol–water partition coefficient (Wildman–Crippen LogP) is 3.96. The number of ether oxygens (including phenoxy) is 2. The molecule has 1 saturated heterocycles. The molecule has 2 aromatic carbocycles. The average molecular weight is 395 g/mol. The summed E-state index contributed by atoms with van der Waals surface area (Å²) in [4.78, 5) is 15.3. The number of likely N-dealkylation sites (tertiary alicyclic amines) is 1. The zero-order valence-corrected chi connectivity index (χ0v) is 17.4. The Labute approximate surface area is 173 Å². The summed E-state index contributed by atoms with van der Waals surface area (Å²) in [5.74, 6) is 1.05. The van der Waals surface area contributed by atoms with Gasteiger partial charge in [-0.05, 0) is 55.6 Å². The standard InChI is InChI=1S/C24H30N2O3/c1-4-9-18-14-21(15-22(28-2)23(18)29-3)24(27)25-16-19-10-5-6-11-20(19)17-26-12-7-8-13-26/h4-6,10-11,14-15H,1,7-9,12-13,16-17H2,2-3H3,(H,25,27). The van der Waals surface area contributed by atoms with E-state index >= 15 is 0 Å². The predicted molar refractivity (Wildman–Crippen MR) is 116 cm³/mol. The van der Waals surface area contributed by atoms with E-state index in [9.17, 15) is 4.79 Å². The molecule has 1 heterocycles. The molecule has 5 nitrogen and oxygen atoms in total. The normalized spacial score (nSPS) is 13.9. The summed E-state index contributed by atoms with van der Waals surface area (Å²) in [5.41, 5.74) is 3.85. The van der Waals surface area contributed by atoms with E-state index in [4.69, 9.17) is 9.47 Å². The highest BCUT2D eigenvalue weighted by atomic mass is 16.5. The molecule has 1 fully saturated rings. The second kappa shape index (κ2) is 10.1. The van der Waals surface area contributed by atoms with Crippen LogP contribution in [0.15, 0.2) is 49.1 Å². The molecule has 0 saturated carbocycles. The number of allylic oxidation sites excluding steroid dienone is 1. The molecule has 1 amide bonds. The van der Waals surface area contributed by atoms with Crippen molar-refractivity contribution < 1.29 is 14.3 Å². The fourth-order valence-electron chi connectivity index (χ4n) is 3.82. The van der Waals surface area contributed by atoms with Crippen LogP contribution in [0, 0.1) is 0 Å². The van der Waals surface area contributed by atoms with Gasteiger partial charge in [0.15, 0.2) is 11.5 Å². The molecule has 29 heavy (non-hydrogen) atoms. The summed E-state index contributed by atoms with van der Waals surface area (Å²) in [7, 11) is 3.17. The number of hydrogen-bond acceptors (Lipinski definition) is 4. The van der Waals surface area contributed by atoms with Crippen molar-refractivity contribution >= 4 is 5.91 Å². The van der Waals surface area contributed by atoms with E-state index in [0.717, 1.165) is 30.8 Å². The average Bonchev–Trinajstić information content (AvgIpc) is 3.25. The van der Waals surface area contributed by atoms with Crippen LogP contribution < -0.4 is 14.8 Å². The van der Waals surface area contributed by atoms with Crippen LogP contribution in [0.5, 0.6) is 11.5 Å². The Morgan fingerprint density at radius 1 is 1.10 bits per heavy atom. The summed E-state index contributed by atoms with van der Waals surface area (Å²) in [5, 5.41) is 3.06. The second-order valence-corrected chi connectivity index (χ2v) is 7.30. The first-order chi connectivity index (χ1) is 14.2. The smallest absolute Gasteiger partial charge is 0.251 e. The Balaban J connectivity index is 1.74. The number of amides is 1. The van der Waals surface area contributed by atoms with Gasteiger partial charge in [0.2, 0.25) is 0 Å². The summed E-state index contributed by atoms with van der Waals surface area (Å²) in [6.45, 7) is 7.52. The molecule has 0 radical (unpaired) electrons. The molecule has 0 unspecified atom stereocenters. The van der Waals surface area contributed by atoms with Gasteiger partial charge >= 0.3 is 0 Å². The van der Waals surface area contributed by atoms with E-state index in [1.807, 2.05) is 12.1 Å². The minimum atomic E-state index is -0.132. The molecule has 0 bridgehead atoms. The second-order valence-electron chi connectivity index (χ2n) is 7.30. The molecule has 0 spiro atoms. The Morgan fingerprint density at radius 2 is 1.83 bits per heavy atom. The molecule has 0 atom stereocenters. The molecule has 1 N–H and O–H groups in total. The van der Waals surface area contributed by atoms with Gasteiger partial charge in [-0.15, -0.1) is 6.58 Å². The Morgan fingerprint density at radius 3 is 2.48 bits per heavy atom. The van der Waals surface area contributed by atoms with Crippen LogP contribution in [-0.2, 0) is 19.5 Å². The molecular formula is C24H30N2O3. The van der Waals surface area contributed by atoms with E-state index in [-0.39, 0.29) is 5.91 Å². The molecule has 0 aliphatic carbocycles. The summed E-state index contributed by atoms with van der Waals surface area (Å²) in [6.07, 6.45) is 4.92. The van der Waals surface area contributed by atoms with Crippen LogP contribution in [0.4, 0.5) is 0 Å². The van der Waals surface area contributed by atoms with E-state index in [0.29, 0.717) is 30.0 Å². The zero-order valence-electron chi connectivity index (χ0n) is 17.4. The molecule has 154 valence electrons. The fraction of sp³-hybridized carbons (Fsp3) is 0.375. The highest BCUT2D eigenvalue weighted by molar-refractivity contribution is 5.95. The number of hydrogen-bond donors (Lipinski definition) is 1. The lowest BCUT2D eigenvalue weighted by molar-refractivity contribution is 0.0950. The van der Waals surface area contributed by atoms with Crippen molar-refractivity contribution in [1.29, 1.82) is 0 Å². The first-order valence-corrected chi connectivity index (χ1v) is 10.1. The SMILES string of the molecule is C=CCc1cc(C(=O)NCc2ccccc2CN2CCCC2)cc(OC)c1OC. The van der Waals surface area contributed by atoms with Crippen molar-refractivity contribution in [2.24, 2.45) is 0 Å². The van der Waals surface area contributed by atoms with E-state index in [1.165, 1.54) is 18.4 Å². The molecule has 0 aromatic heterocycles. The van der Waals surface area contributed by atoms with E-state index in [2.05, 4.69) is 35.0 Å². The monoisotopic (exact) mass is 394 g/mol. The van der Waals surface area contributed by atoms with Gasteiger partial charge in [-0.1, -0.05) is 30.3 Å². The summed E-state index contributed by atoms with van der Waals surface area (Å²) < 4.78 is 10.9. The lowest BCUT2D eigenvalue weighted by Crippen LogP contribution is -2.25. The maximum absolute atomic E-state index is 12.9. The minimum absolute atomic E-state index is 0.132. The Hall–Kier alpha value is -2.79. The maximum atomic E-state index is 12.9. The minimum Gasteiger partial charge on any atom is -0.493 e. The third-order valence-corrected chi connectivity index (χ3v) is 5.33. The molecule has 5 heteroatoms. The fourth-order valence-corrected chi connectivity index (χ4v) is 3.82. The van der Waals surface area contributed by atoms with Crippen molar-refractivity contribution in [2.45, 2.75) is 32.4 Å². The van der Waals surface area contributed by atoms with Crippen molar-refractivity contribution in [3.05, 3.63) is 71.3 Å². The van der Waals surface area contributed by atoms with Crippen molar-refractivity contribution in [3.63, 3.8) is 0 Å².